The molecule has 2 unspecified atom stereocenters. The molecule has 0 aliphatic heterocycles. The summed E-state index contributed by atoms with van der Waals surface area (Å²) in [5, 5.41) is 10.6. The second kappa shape index (κ2) is 71.6. The van der Waals surface area contributed by atoms with Crippen molar-refractivity contribution in [2.75, 3.05) is 39.6 Å². The Hall–Kier alpha value is -3.76. The zero-order valence-electron chi connectivity index (χ0n) is 62.0. The van der Waals surface area contributed by atoms with E-state index in [1.807, 2.05) is 12.2 Å². The van der Waals surface area contributed by atoms with Crippen LogP contribution in [-0.4, -0.2) is 96.7 Å². The summed E-state index contributed by atoms with van der Waals surface area (Å²) in [7, 11) is -9.96. The normalized spacial score (nSPS) is 14.4. The van der Waals surface area contributed by atoms with E-state index in [1.54, 1.807) is 0 Å². The van der Waals surface area contributed by atoms with Gasteiger partial charge in [0, 0.05) is 25.7 Å². The molecule has 17 nitrogen and oxygen atoms in total. The summed E-state index contributed by atoms with van der Waals surface area (Å²) in [4.78, 5) is 72.8. The molecule has 0 aliphatic rings. The van der Waals surface area contributed by atoms with E-state index in [2.05, 4.69) is 101 Å². The molecule has 3 N–H and O–H groups in total. The summed E-state index contributed by atoms with van der Waals surface area (Å²) < 4.78 is 68.4. The van der Waals surface area contributed by atoms with Crippen LogP contribution in [0.5, 0.6) is 0 Å². The van der Waals surface area contributed by atoms with Crippen molar-refractivity contribution in [2.24, 2.45) is 0 Å². The van der Waals surface area contributed by atoms with Crippen LogP contribution >= 0.6 is 15.6 Å². The monoisotopic (exact) mass is 1420 g/mol. The molecule has 0 amide bonds. The van der Waals surface area contributed by atoms with Gasteiger partial charge in [-0.25, -0.2) is 9.13 Å². The first-order chi connectivity index (χ1) is 47.7. The summed E-state index contributed by atoms with van der Waals surface area (Å²) in [6.07, 6.45) is 72.9. The van der Waals surface area contributed by atoms with Crippen molar-refractivity contribution in [1.29, 1.82) is 0 Å². The number of aliphatic hydroxyl groups is 1. The van der Waals surface area contributed by atoms with E-state index in [0.717, 1.165) is 128 Å². The Kier molecular flexibility index (Phi) is 68.9. The number of phosphoric ester groups is 2. The van der Waals surface area contributed by atoms with Crippen LogP contribution < -0.4 is 0 Å². The number of hydrogen-bond acceptors (Lipinski definition) is 15. The van der Waals surface area contributed by atoms with Crippen molar-refractivity contribution in [3.63, 3.8) is 0 Å². The van der Waals surface area contributed by atoms with E-state index in [-0.39, 0.29) is 25.7 Å². The number of rotatable bonds is 73. The minimum absolute atomic E-state index is 0.0189. The quantitative estimate of drug-likeness (QED) is 0.0128. The molecule has 0 fully saturated rings. The molecular weight excluding hydrogens is 1280 g/mol. The van der Waals surface area contributed by atoms with Gasteiger partial charge in [0.1, 0.15) is 19.3 Å². The number of aliphatic hydroxyl groups excluding tert-OH is 1. The van der Waals surface area contributed by atoms with E-state index in [9.17, 15) is 43.2 Å². The molecule has 0 aromatic carbocycles. The minimum Gasteiger partial charge on any atom is -0.462 e. The third-order valence-electron chi connectivity index (χ3n) is 16.4. The Morgan fingerprint density at radius 2 is 0.541 bits per heavy atom. The first-order valence-electron chi connectivity index (χ1n) is 38.8. The van der Waals surface area contributed by atoms with Gasteiger partial charge in [-0.3, -0.25) is 37.3 Å². The largest absolute Gasteiger partial charge is 0.472 e. The maximum Gasteiger partial charge on any atom is 0.472 e. The van der Waals surface area contributed by atoms with E-state index < -0.39 is 97.5 Å². The minimum atomic E-state index is -4.99. The molecule has 0 heterocycles. The number of allylic oxidation sites excluding steroid dienone is 14. The fourth-order valence-electron chi connectivity index (χ4n) is 10.4. The van der Waals surface area contributed by atoms with Gasteiger partial charge in [-0.15, -0.1) is 0 Å². The average molecular weight is 1420 g/mol. The topological polar surface area (TPSA) is 237 Å². The van der Waals surface area contributed by atoms with Crippen LogP contribution in [0.15, 0.2) is 85.1 Å². The van der Waals surface area contributed by atoms with Gasteiger partial charge >= 0.3 is 39.5 Å². The number of carbonyl (C=O) groups excluding carboxylic acids is 4. The van der Waals surface area contributed by atoms with Gasteiger partial charge in [0.2, 0.25) is 0 Å². The third-order valence-corrected chi connectivity index (χ3v) is 18.3. The summed E-state index contributed by atoms with van der Waals surface area (Å²) in [6.45, 7) is 4.75. The molecule has 0 aliphatic carbocycles. The molecule has 0 rings (SSSR count). The highest BCUT2D eigenvalue weighted by Crippen LogP contribution is 2.45. The molecule has 19 heteroatoms. The molecule has 0 saturated carbocycles. The Bertz CT molecular complexity index is 2190. The van der Waals surface area contributed by atoms with Crippen molar-refractivity contribution >= 4 is 39.5 Å². The highest BCUT2D eigenvalue weighted by atomic mass is 31.2. The van der Waals surface area contributed by atoms with Gasteiger partial charge < -0.3 is 33.8 Å². The fourth-order valence-corrected chi connectivity index (χ4v) is 12.0. The SMILES string of the molecule is CCCCC/C=C\C/C=C\C/C=C\C/C=C\CCCC(=O)O[C@H](COC(=O)CCCCCCC/C=C\CCCCCC)COP(=O)(O)OC[C@H](O)COP(=O)(O)OC[C@@H](COC(=O)CCCCCCC/C=C\C=C/CCCCCC)OC(=O)CCCCCCCCCCCCCCC. The number of esters is 4. The van der Waals surface area contributed by atoms with Gasteiger partial charge in [-0.2, -0.15) is 0 Å². The smallest absolute Gasteiger partial charge is 0.462 e. The molecule has 568 valence electrons. The maximum atomic E-state index is 13.1. The average Bonchev–Trinajstić information content (AvgIpc) is 1.02. The number of unbranched alkanes of at least 4 members (excludes halogenated alkanes) is 34. The Morgan fingerprint density at radius 3 is 0.908 bits per heavy atom. The molecule has 0 aromatic heterocycles. The predicted octanol–water partition coefficient (Wildman–Crippen LogP) is 22.2. The molecule has 0 saturated heterocycles. The third kappa shape index (κ3) is 70.7. The number of carbonyl (C=O) groups is 4. The summed E-state index contributed by atoms with van der Waals surface area (Å²) in [6, 6.07) is 0. The lowest BCUT2D eigenvalue weighted by Crippen LogP contribution is -2.30. The number of ether oxygens (including phenoxy) is 4. The summed E-state index contributed by atoms with van der Waals surface area (Å²) >= 11 is 0. The zero-order chi connectivity index (χ0) is 71.8. The Labute approximate surface area is 595 Å². The van der Waals surface area contributed by atoms with Gasteiger partial charge in [0.05, 0.1) is 26.4 Å². The van der Waals surface area contributed by atoms with E-state index >= 15 is 0 Å². The Balaban J connectivity index is 5.39. The fraction of sp³-hybridized carbons (Fsp3) is 0.772. The summed E-state index contributed by atoms with van der Waals surface area (Å²) in [5.74, 6) is -2.25. The van der Waals surface area contributed by atoms with Crippen molar-refractivity contribution in [3.8, 4) is 0 Å². The van der Waals surface area contributed by atoms with Gasteiger partial charge in [0.15, 0.2) is 12.2 Å². The highest BCUT2D eigenvalue weighted by molar-refractivity contribution is 7.47. The molecule has 0 bridgehead atoms. The van der Waals surface area contributed by atoms with Crippen LogP contribution in [0, 0.1) is 0 Å². The van der Waals surface area contributed by atoms with Crippen LogP contribution in [0.1, 0.15) is 336 Å². The molecular formula is C79H140O17P2. The van der Waals surface area contributed by atoms with E-state index in [4.69, 9.17) is 37.0 Å². The molecule has 0 spiro atoms. The maximum absolute atomic E-state index is 13.1. The van der Waals surface area contributed by atoms with Crippen molar-refractivity contribution in [1.82, 2.24) is 0 Å². The van der Waals surface area contributed by atoms with E-state index in [1.165, 1.54) is 122 Å². The van der Waals surface area contributed by atoms with Crippen molar-refractivity contribution < 1.29 is 80.2 Å². The highest BCUT2D eigenvalue weighted by Gasteiger charge is 2.30. The van der Waals surface area contributed by atoms with Gasteiger partial charge in [0.25, 0.3) is 0 Å². The lowest BCUT2D eigenvalue weighted by molar-refractivity contribution is -0.161. The number of hydrogen-bond donors (Lipinski definition) is 3. The van der Waals surface area contributed by atoms with Gasteiger partial charge in [-0.1, -0.05) is 280 Å². The first-order valence-corrected chi connectivity index (χ1v) is 41.8. The second-order valence-electron chi connectivity index (χ2n) is 26.0. The zero-order valence-corrected chi connectivity index (χ0v) is 63.7. The second-order valence-corrected chi connectivity index (χ2v) is 28.9. The van der Waals surface area contributed by atoms with Crippen LogP contribution in [0.4, 0.5) is 0 Å². The van der Waals surface area contributed by atoms with Crippen LogP contribution in [-0.2, 0) is 65.4 Å². The van der Waals surface area contributed by atoms with Crippen molar-refractivity contribution in [2.45, 2.75) is 354 Å². The van der Waals surface area contributed by atoms with Crippen LogP contribution in [0.25, 0.3) is 0 Å². The van der Waals surface area contributed by atoms with Crippen LogP contribution in [0.3, 0.4) is 0 Å². The Morgan fingerprint density at radius 1 is 0.296 bits per heavy atom. The number of phosphoric acid groups is 2. The molecule has 0 aromatic rings. The molecule has 5 atom stereocenters. The lowest BCUT2D eigenvalue weighted by Gasteiger charge is -2.21. The summed E-state index contributed by atoms with van der Waals surface area (Å²) in [5.41, 5.74) is 0. The van der Waals surface area contributed by atoms with Crippen molar-refractivity contribution in [3.05, 3.63) is 85.1 Å². The first kappa shape index (κ1) is 94.2. The molecule has 0 radical (unpaired) electrons. The standard InChI is InChI=1S/C79H140O17P2/c1-5-9-13-17-21-25-29-33-35-36-38-42-46-50-54-58-62-66-79(84)96-75(69-89-76(81)63-59-55-51-47-43-39-31-27-23-19-15-11-7-3)72-94-98(87,88)92-68-73(80)67-91-97(85,86)93-71-74(95-78(83)65-61-57-53-49-45-40-32-28-24-20-16-12-8-4)70-90-77(82)64-60-56-52-48-44-41-37-34-30-26-22-18-14-10-6-2/h21,25-27,30-31,33-35,37-38,42,50,54,73-75,80H,5-20,22-24,28-29,32,36,39-41,43-49,51-53,55-72H2,1-4H3,(H,85,86)(H,87,88)/b25-21-,30-26-,31-27-,35-33-,37-34-,42-38-,54-50-/t73-,74-,75-/m1/s1. The van der Waals surface area contributed by atoms with Gasteiger partial charge in [-0.05, 0) is 116 Å². The lowest BCUT2D eigenvalue weighted by atomic mass is 10.0. The molecule has 98 heavy (non-hydrogen) atoms. The van der Waals surface area contributed by atoms with E-state index in [0.29, 0.717) is 32.1 Å². The van der Waals surface area contributed by atoms with Crippen LogP contribution in [0.2, 0.25) is 0 Å². The predicted molar refractivity (Wildman–Crippen MR) is 399 cm³/mol.